The first kappa shape index (κ1) is 18.8. The van der Waals surface area contributed by atoms with Gasteiger partial charge in [0.15, 0.2) is 0 Å². The molecule has 7 nitrogen and oxygen atoms in total. The number of nitro benzene ring substituents is 1. The first-order valence-corrected chi connectivity index (χ1v) is 7.15. The zero-order valence-corrected chi connectivity index (χ0v) is 13.0. The number of rotatable bonds is 5. The molecule has 1 aromatic rings. The van der Waals surface area contributed by atoms with Gasteiger partial charge in [0.2, 0.25) is 10.0 Å². The Kier molecular flexibility index (Phi) is 6.55. The van der Waals surface area contributed by atoms with E-state index in [1.807, 2.05) is 0 Å². The van der Waals surface area contributed by atoms with Crippen LogP contribution in [0.15, 0.2) is 17.0 Å². The van der Waals surface area contributed by atoms with Gasteiger partial charge in [0, 0.05) is 24.7 Å². The minimum Gasteiger partial charge on any atom is -0.329 e. The Balaban J connectivity index is 0.00000361. The summed E-state index contributed by atoms with van der Waals surface area (Å²) in [7, 11) is -3.82. The molecule has 0 aliphatic carbocycles. The van der Waals surface area contributed by atoms with E-state index < -0.39 is 21.0 Å². The predicted octanol–water partition coefficient (Wildman–Crippen LogP) is 1.26. The summed E-state index contributed by atoms with van der Waals surface area (Å²) in [5, 5.41) is 10.8. The van der Waals surface area contributed by atoms with Gasteiger partial charge in [-0.2, -0.15) is 0 Å². The van der Waals surface area contributed by atoms with E-state index in [4.69, 9.17) is 5.73 Å². The highest BCUT2D eigenvalue weighted by molar-refractivity contribution is 7.89. The lowest BCUT2D eigenvalue weighted by Gasteiger charge is -2.14. The quantitative estimate of drug-likeness (QED) is 0.625. The summed E-state index contributed by atoms with van der Waals surface area (Å²) in [6.07, 6.45) is 0. The Labute approximate surface area is 124 Å². The molecular formula is C11H18ClN3O4S. The minimum absolute atomic E-state index is 0. The summed E-state index contributed by atoms with van der Waals surface area (Å²) < 4.78 is 26.7. The van der Waals surface area contributed by atoms with Gasteiger partial charge in [-0.3, -0.25) is 10.1 Å². The second-order valence-corrected chi connectivity index (χ2v) is 6.08. The number of halogens is 1. The second-order valence-electron chi connectivity index (χ2n) is 4.40. The highest BCUT2D eigenvalue weighted by Gasteiger charge is 2.23. The molecule has 0 aromatic heterocycles. The fourth-order valence-corrected chi connectivity index (χ4v) is 3.16. The fourth-order valence-electron chi connectivity index (χ4n) is 1.57. The summed E-state index contributed by atoms with van der Waals surface area (Å²) in [4.78, 5) is 10.1. The topological polar surface area (TPSA) is 115 Å². The van der Waals surface area contributed by atoms with Crippen LogP contribution >= 0.6 is 12.4 Å². The molecule has 9 heteroatoms. The number of nitro groups is 1. The maximum atomic E-state index is 12.2. The van der Waals surface area contributed by atoms with E-state index in [0.717, 1.165) is 6.07 Å². The summed E-state index contributed by atoms with van der Waals surface area (Å²) >= 11 is 0. The maximum absolute atomic E-state index is 12.2. The molecule has 114 valence electrons. The van der Waals surface area contributed by atoms with Crippen LogP contribution in [-0.2, 0) is 10.0 Å². The molecule has 0 fully saturated rings. The monoisotopic (exact) mass is 323 g/mol. The molecule has 0 unspecified atom stereocenters. The molecule has 3 N–H and O–H groups in total. The average Bonchev–Trinajstić information content (AvgIpc) is 2.31. The Morgan fingerprint density at radius 2 is 1.95 bits per heavy atom. The zero-order chi connectivity index (χ0) is 14.8. The van der Waals surface area contributed by atoms with Crippen LogP contribution in [0.1, 0.15) is 18.1 Å². The summed E-state index contributed by atoms with van der Waals surface area (Å²) in [6.45, 7) is 5.01. The van der Waals surface area contributed by atoms with E-state index in [2.05, 4.69) is 4.72 Å². The van der Waals surface area contributed by atoms with Gasteiger partial charge in [-0.1, -0.05) is 0 Å². The van der Waals surface area contributed by atoms with Gasteiger partial charge in [-0.25, -0.2) is 13.1 Å². The largest absolute Gasteiger partial charge is 0.329 e. The predicted molar refractivity (Wildman–Crippen MR) is 78.7 cm³/mol. The lowest BCUT2D eigenvalue weighted by Crippen LogP contribution is -2.38. The van der Waals surface area contributed by atoms with Gasteiger partial charge in [0.05, 0.1) is 9.82 Å². The molecule has 1 atom stereocenters. The number of benzene rings is 1. The Morgan fingerprint density at radius 1 is 1.40 bits per heavy atom. The van der Waals surface area contributed by atoms with Crippen molar-refractivity contribution in [3.8, 4) is 0 Å². The molecule has 0 spiro atoms. The molecule has 1 aromatic carbocycles. The van der Waals surface area contributed by atoms with Crippen molar-refractivity contribution in [3.63, 3.8) is 0 Å². The van der Waals surface area contributed by atoms with E-state index in [1.54, 1.807) is 20.8 Å². The summed E-state index contributed by atoms with van der Waals surface area (Å²) in [5.41, 5.74) is 6.16. The fraction of sp³-hybridized carbons (Fsp3) is 0.455. The van der Waals surface area contributed by atoms with Crippen LogP contribution < -0.4 is 10.5 Å². The van der Waals surface area contributed by atoms with Gasteiger partial charge in [0.1, 0.15) is 0 Å². The third-order valence-corrected chi connectivity index (χ3v) is 4.53. The molecule has 0 bridgehead atoms. The van der Waals surface area contributed by atoms with Crippen LogP contribution in [0.25, 0.3) is 0 Å². The average molecular weight is 324 g/mol. The van der Waals surface area contributed by atoms with Gasteiger partial charge < -0.3 is 5.73 Å². The van der Waals surface area contributed by atoms with E-state index in [-0.39, 0.29) is 29.5 Å². The van der Waals surface area contributed by atoms with Crippen LogP contribution in [0.5, 0.6) is 0 Å². The van der Waals surface area contributed by atoms with E-state index in [1.165, 1.54) is 6.07 Å². The van der Waals surface area contributed by atoms with Gasteiger partial charge >= 0.3 is 0 Å². The SMILES string of the molecule is Cc1cc([N+](=O)[O-])cc(S(=O)(=O)N[C@H](C)CN)c1C.Cl. The Bertz CT molecular complexity index is 604. The summed E-state index contributed by atoms with van der Waals surface area (Å²) in [5.74, 6) is 0. The lowest BCUT2D eigenvalue weighted by atomic mass is 10.1. The van der Waals surface area contributed by atoms with Crippen molar-refractivity contribution in [2.45, 2.75) is 31.7 Å². The van der Waals surface area contributed by atoms with Crippen molar-refractivity contribution < 1.29 is 13.3 Å². The first-order chi connectivity index (χ1) is 8.69. The molecular weight excluding hydrogens is 306 g/mol. The first-order valence-electron chi connectivity index (χ1n) is 5.67. The molecule has 0 radical (unpaired) electrons. The standard InChI is InChI=1S/C11H17N3O4S.ClH/c1-7-4-10(14(15)16)5-11(9(7)3)19(17,18)13-8(2)6-12;/h4-5,8,13H,6,12H2,1-3H3;1H/t8-;/m1./s1. The van der Waals surface area contributed by atoms with E-state index in [9.17, 15) is 18.5 Å². The third kappa shape index (κ3) is 4.14. The van der Waals surface area contributed by atoms with Crippen molar-refractivity contribution in [1.82, 2.24) is 4.72 Å². The molecule has 0 heterocycles. The van der Waals surface area contributed by atoms with E-state index in [0.29, 0.717) is 11.1 Å². The highest BCUT2D eigenvalue weighted by Crippen LogP contribution is 2.25. The number of non-ortho nitro benzene ring substituents is 1. The van der Waals surface area contributed by atoms with Crippen LogP contribution in [0.2, 0.25) is 0 Å². The second kappa shape index (κ2) is 6.98. The number of aryl methyl sites for hydroxylation is 1. The number of nitrogens with two attached hydrogens (primary N) is 1. The lowest BCUT2D eigenvalue weighted by molar-refractivity contribution is -0.385. The number of sulfonamides is 1. The molecule has 0 saturated heterocycles. The van der Waals surface area contributed by atoms with E-state index >= 15 is 0 Å². The third-order valence-electron chi connectivity index (χ3n) is 2.81. The van der Waals surface area contributed by atoms with Gasteiger partial charge in [-0.15, -0.1) is 12.4 Å². The molecule has 0 aliphatic rings. The van der Waals surface area contributed by atoms with Crippen LogP contribution in [0, 0.1) is 24.0 Å². The molecule has 20 heavy (non-hydrogen) atoms. The molecule has 0 aliphatic heterocycles. The van der Waals surface area contributed by atoms with Crippen LogP contribution in [0.3, 0.4) is 0 Å². The van der Waals surface area contributed by atoms with Crippen LogP contribution in [0.4, 0.5) is 5.69 Å². The normalized spacial score (nSPS) is 12.6. The van der Waals surface area contributed by atoms with Crippen molar-refractivity contribution >= 4 is 28.1 Å². The highest BCUT2D eigenvalue weighted by atomic mass is 35.5. The number of hydrogen-bond acceptors (Lipinski definition) is 5. The van der Waals surface area contributed by atoms with Crippen LogP contribution in [-0.4, -0.2) is 25.9 Å². The Hall–Kier alpha value is -1.22. The zero-order valence-electron chi connectivity index (χ0n) is 11.4. The minimum atomic E-state index is -3.82. The number of nitrogens with zero attached hydrogens (tertiary/aromatic N) is 1. The number of hydrogen-bond donors (Lipinski definition) is 2. The smallest absolute Gasteiger partial charge is 0.271 e. The molecule has 0 amide bonds. The van der Waals surface area contributed by atoms with Gasteiger partial charge in [-0.05, 0) is 31.9 Å². The Morgan fingerprint density at radius 3 is 2.40 bits per heavy atom. The summed E-state index contributed by atoms with van der Waals surface area (Å²) in [6, 6.07) is 1.97. The van der Waals surface area contributed by atoms with Crippen molar-refractivity contribution in [1.29, 1.82) is 0 Å². The maximum Gasteiger partial charge on any atom is 0.271 e. The van der Waals surface area contributed by atoms with Crippen molar-refractivity contribution in [3.05, 3.63) is 33.4 Å². The molecule has 0 saturated carbocycles. The number of nitrogens with one attached hydrogen (secondary N) is 1. The van der Waals surface area contributed by atoms with Gasteiger partial charge in [0.25, 0.3) is 5.69 Å². The molecule has 1 rings (SSSR count). The van der Waals surface area contributed by atoms with Crippen molar-refractivity contribution in [2.24, 2.45) is 5.73 Å². The van der Waals surface area contributed by atoms with Crippen molar-refractivity contribution in [2.75, 3.05) is 6.54 Å².